The van der Waals surface area contributed by atoms with Gasteiger partial charge in [0.1, 0.15) is 5.60 Å². The van der Waals surface area contributed by atoms with E-state index in [-0.39, 0.29) is 5.97 Å². The number of anilines is 1. The van der Waals surface area contributed by atoms with Crippen LogP contribution in [0.3, 0.4) is 0 Å². The fraction of sp³-hybridized carbons (Fsp3) is 0.175. The van der Waals surface area contributed by atoms with Gasteiger partial charge in [-0.15, -0.1) is 0 Å². The molecule has 1 N–H and O–H groups in total. The molecule has 0 heterocycles. The average molecular weight is 612 g/mol. The standard InChI is InChI=1S/C40H38NO3P/c1-40(2,3)44-37(42)23-14-28-41-35-26-24-29-15-10-12-21-33(29)38(35)39-34-22-13-11-16-30(34)25-27-36(39)45(43,31-17-6-4-7-18-31)32-19-8-5-9-20-32/h4-13,15-22,24-27,41H,14,23,28H2,1-3H3. The number of esters is 1. The number of benzene rings is 6. The molecule has 0 saturated carbocycles. The smallest absolute Gasteiger partial charge is 0.306 e. The minimum Gasteiger partial charge on any atom is -0.460 e. The Bertz CT molecular complexity index is 1970. The molecular formula is C40H38NO3P. The number of nitrogens with one attached hydrogen (secondary N) is 1. The lowest BCUT2D eigenvalue weighted by molar-refractivity contribution is -0.154. The Morgan fingerprint density at radius 2 is 1.16 bits per heavy atom. The SMILES string of the molecule is CC(C)(C)OC(=O)CCCNc1ccc2ccccc2c1-c1c(P(=O)(c2ccccc2)c2ccccc2)ccc2ccccc12. The van der Waals surface area contributed by atoms with Crippen LogP contribution in [0.4, 0.5) is 5.69 Å². The molecule has 0 bridgehead atoms. The molecule has 0 saturated heterocycles. The van der Waals surface area contributed by atoms with Crippen molar-refractivity contribution in [2.45, 2.75) is 39.2 Å². The van der Waals surface area contributed by atoms with Crippen LogP contribution in [-0.2, 0) is 14.1 Å². The van der Waals surface area contributed by atoms with Crippen LogP contribution < -0.4 is 21.2 Å². The Morgan fingerprint density at radius 3 is 1.73 bits per heavy atom. The third kappa shape index (κ3) is 6.30. The van der Waals surface area contributed by atoms with Crippen LogP contribution in [0.15, 0.2) is 133 Å². The first-order chi connectivity index (χ1) is 21.8. The average Bonchev–Trinajstić information content (AvgIpc) is 3.06. The minimum atomic E-state index is -3.34. The van der Waals surface area contributed by atoms with Crippen molar-refractivity contribution in [1.82, 2.24) is 0 Å². The van der Waals surface area contributed by atoms with Gasteiger partial charge in [0, 0.05) is 45.7 Å². The van der Waals surface area contributed by atoms with Crippen molar-refractivity contribution in [3.05, 3.63) is 133 Å². The molecule has 0 spiro atoms. The zero-order valence-corrected chi connectivity index (χ0v) is 26.9. The van der Waals surface area contributed by atoms with Crippen molar-refractivity contribution in [1.29, 1.82) is 0 Å². The Morgan fingerprint density at radius 1 is 0.644 bits per heavy atom. The highest BCUT2D eigenvalue weighted by atomic mass is 31.2. The quantitative estimate of drug-likeness (QED) is 0.101. The highest BCUT2D eigenvalue weighted by Gasteiger charge is 2.34. The van der Waals surface area contributed by atoms with Gasteiger partial charge in [0.25, 0.3) is 0 Å². The van der Waals surface area contributed by atoms with E-state index < -0.39 is 12.7 Å². The molecular weight excluding hydrogens is 573 g/mol. The van der Waals surface area contributed by atoms with E-state index in [2.05, 4.69) is 59.9 Å². The van der Waals surface area contributed by atoms with E-state index in [1.165, 1.54) is 0 Å². The molecule has 0 atom stereocenters. The van der Waals surface area contributed by atoms with Crippen LogP contribution in [-0.4, -0.2) is 18.1 Å². The maximum atomic E-state index is 15.9. The van der Waals surface area contributed by atoms with Gasteiger partial charge in [0.05, 0.1) is 0 Å². The Hall–Kier alpha value is -4.66. The summed E-state index contributed by atoms with van der Waals surface area (Å²) < 4.78 is 21.4. The van der Waals surface area contributed by atoms with Crippen LogP contribution in [0.5, 0.6) is 0 Å². The van der Waals surface area contributed by atoms with E-state index in [9.17, 15) is 4.79 Å². The molecule has 45 heavy (non-hydrogen) atoms. The number of rotatable bonds is 9. The van der Waals surface area contributed by atoms with Crippen molar-refractivity contribution in [3.8, 4) is 11.1 Å². The number of carbonyl (C=O) groups is 1. The van der Waals surface area contributed by atoms with Crippen LogP contribution in [0.1, 0.15) is 33.6 Å². The summed E-state index contributed by atoms with van der Waals surface area (Å²) in [5.41, 5.74) is 2.38. The molecule has 0 aliphatic carbocycles. The largest absolute Gasteiger partial charge is 0.460 e. The van der Waals surface area contributed by atoms with Crippen LogP contribution >= 0.6 is 7.14 Å². The molecule has 4 nitrogen and oxygen atoms in total. The maximum Gasteiger partial charge on any atom is 0.306 e. The summed E-state index contributed by atoms with van der Waals surface area (Å²) in [6, 6.07) is 44.7. The summed E-state index contributed by atoms with van der Waals surface area (Å²) in [4.78, 5) is 12.4. The van der Waals surface area contributed by atoms with E-state index in [0.717, 1.165) is 54.3 Å². The molecule has 0 aliphatic rings. The summed E-state index contributed by atoms with van der Waals surface area (Å²) in [5.74, 6) is -0.203. The summed E-state index contributed by atoms with van der Waals surface area (Å²) in [6.45, 7) is 6.24. The first-order valence-electron chi connectivity index (χ1n) is 15.5. The molecule has 0 aromatic heterocycles. The van der Waals surface area contributed by atoms with Gasteiger partial charge in [0.15, 0.2) is 7.14 Å². The minimum absolute atomic E-state index is 0.203. The van der Waals surface area contributed by atoms with Crippen molar-refractivity contribution in [2.75, 3.05) is 11.9 Å². The highest BCUT2D eigenvalue weighted by Crippen LogP contribution is 2.49. The molecule has 6 aromatic rings. The number of carbonyl (C=O) groups excluding carboxylic acids is 1. The predicted molar refractivity (Wildman–Crippen MR) is 190 cm³/mol. The van der Waals surface area contributed by atoms with Gasteiger partial charge < -0.3 is 14.6 Å². The number of fused-ring (bicyclic) bond motifs is 2. The zero-order chi connectivity index (χ0) is 31.4. The highest BCUT2D eigenvalue weighted by molar-refractivity contribution is 7.85. The first kappa shape index (κ1) is 30.4. The second-order valence-corrected chi connectivity index (χ2v) is 15.0. The monoisotopic (exact) mass is 611 g/mol. The summed E-state index contributed by atoms with van der Waals surface area (Å²) >= 11 is 0. The fourth-order valence-electron chi connectivity index (χ4n) is 6.02. The van der Waals surface area contributed by atoms with Crippen LogP contribution in [0, 0.1) is 0 Å². The number of hydrogen-bond acceptors (Lipinski definition) is 4. The van der Waals surface area contributed by atoms with Crippen molar-refractivity contribution in [3.63, 3.8) is 0 Å². The molecule has 0 fully saturated rings. The lowest BCUT2D eigenvalue weighted by atomic mass is 9.92. The molecule has 0 radical (unpaired) electrons. The Balaban J connectivity index is 1.57. The van der Waals surface area contributed by atoms with E-state index in [4.69, 9.17) is 4.74 Å². The molecule has 5 heteroatoms. The Labute approximate surface area is 265 Å². The third-order valence-electron chi connectivity index (χ3n) is 7.96. The van der Waals surface area contributed by atoms with E-state index >= 15 is 4.57 Å². The lowest BCUT2D eigenvalue weighted by Crippen LogP contribution is -2.26. The Kier molecular flexibility index (Phi) is 8.61. The number of hydrogen-bond donors (Lipinski definition) is 1. The van der Waals surface area contributed by atoms with Gasteiger partial charge in [-0.05, 0) is 60.9 Å². The van der Waals surface area contributed by atoms with Gasteiger partial charge in [-0.2, -0.15) is 0 Å². The summed E-state index contributed by atoms with van der Waals surface area (Å²) in [6.07, 6.45) is 0.944. The van der Waals surface area contributed by atoms with Crippen molar-refractivity contribution in [2.24, 2.45) is 0 Å². The molecule has 0 amide bonds. The zero-order valence-electron chi connectivity index (χ0n) is 26.0. The van der Waals surface area contributed by atoms with E-state index in [1.807, 2.05) is 99.6 Å². The molecule has 6 rings (SSSR count). The van der Waals surface area contributed by atoms with Gasteiger partial charge in [-0.25, -0.2) is 0 Å². The fourth-order valence-corrected chi connectivity index (χ4v) is 8.89. The van der Waals surface area contributed by atoms with Crippen LogP contribution in [0.2, 0.25) is 0 Å². The van der Waals surface area contributed by atoms with Crippen molar-refractivity contribution >= 4 is 56.3 Å². The molecule has 226 valence electrons. The molecule has 0 unspecified atom stereocenters. The van der Waals surface area contributed by atoms with Gasteiger partial charge in [-0.3, -0.25) is 4.79 Å². The molecule has 6 aromatic carbocycles. The predicted octanol–water partition coefficient (Wildman–Crippen LogP) is 8.83. The maximum absolute atomic E-state index is 15.9. The lowest BCUT2D eigenvalue weighted by Gasteiger charge is -2.26. The van der Waals surface area contributed by atoms with E-state index in [1.54, 1.807) is 0 Å². The second-order valence-electron chi connectivity index (χ2n) is 12.3. The van der Waals surface area contributed by atoms with Crippen LogP contribution in [0.25, 0.3) is 32.7 Å². The second kappa shape index (κ2) is 12.8. The van der Waals surface area contributed by atoms with Crippen molar-refractivity contribution < 1.29 is 14.1 Å². The third-order valence-corrected chi connectivity index (χ3v) is 11.1. The summed E-state index contributed by atoms with van der Waals surface area (Å²) in [7, 11) is -3.34. The number of ether oxygens (including phenoxy) is 1. The van der Waals surface area contributed by atoms with Gasteiger partial charge >= 0.3 is 5.97 Å². The van der Waals surface area contributed by atoms with E-state index in [0.29, 0.717) is 19.4 Å². The molecule has 0 aliphatic heterocycles. The normalized spacial score (nSPS) is 11.9. The summed E-state index contributed by atoms with van der Waals surface area (Å²) in [5, 5.41) is 10.3. The first-order valence-corrected chi connectivity index (χ1v) is 17.2. The van der Waals surface area contributed by atoms with Gasteiger partial charge in [-0.1, -0.05) is 121 Å². The topological polar surface area (TPSA) is 55.4 Å². The van der Waals surface area contributed by atoms with Gasteiger partial charge in [0.2, 0.25) is 0 Å².